The standard InChI is InChI=1S/C44H34N4/c1-3-17-35(18-4-1)47-43(39-23-11-15-31-13-7-9-21-37(31)39)29-41(45-47)33-25-27-34(28-26-33)42-30-44(48(46-42)36-19-5-2-6-20-36)40-24-12-16-32-14-8-10-22-38(32)40/h1-28,43-44H,29-30H2. The minimum absolute atomic E-state index is 0.105. The molecule has 0 saturated carbocycles. The fourth-order valence-corrected chi connectivity index (χ4v) is 7.43. The third-order valence-electron chi connectivity index (χ3n) is 9.78. The van der Waals surface area contributed by atoms with Crippen LogP contribution in [0, 0.1) is 0 Å². The van der Waals surface area contributed by atoms with E-state index in [2.05, 4.69) is 180 Å². The molecule has 0 radical (unpaired) electrons. The van der Waals surface area contributed by atoms with Crippen LogP contribution in [0.15, 0.2) is 180 Å². The molecule has 230 valence electrons. The Labute approximate surface area is 280 Å². The molecular weight excluding hydrogens is 585 g/mol. The van der Waals surface area contributed by atoms with Gasteiger partial charge in [0.1, 0.15) is 0 Å². The van der Waals surface area contributed by atoms with Crippen LogP contribution >= 0.6 is 0 Å². The SMILES string of the molecule is c1ccc(N2N=C(c3ccc(C4=NN(c5ccccc5)C(c5cccc6ccccc56)C4)cc3)CC2c2cccc3ccccc23)cc1. The number of hydrogen-bond acceptors (Lipinski definition) is 4. The number of rotatable bonds is 6. The second kappa shape index (κ2) is 12.0. The summed E-state index contributed by atoms with van der Waals surface area (Å²) >= 11 is 0. The lowest BCUT2D eigenvalue weighted by Gasteiger charge is -2.25. The van der Waals surface area contributed by atoms with Crippen molar-refractivity contribution in [3.8, 4) is 0 Å². The smallest absolute Gasteiger partial charge is 0.0837 e. The maximum Gasteiger partial charge on any atom is 0.0837 e. The number of benzene rings is 7. The summed E-state index contributed by atoms with van der Waals surface area (Å²) in [6.07, 6.45) is 1.66. The number of hydrogen-bond donors (Lipinski definition) is 0. The molecule has 2 atom stereocenters. The van der Waals surface area contributed by atoms with Gasteiger partial charge in [-0.3, -0.25) is 10.0 Å². The molecule has 0 aromatic heterocycles. The fourth-order valence-electron chi connectivity index (χ4n) is 7.43. The minimum atomic E-state index is 0.105. The Balaban J connectivity index is 1.05. The van der Waals surface area contributed by atoms with Crippen molar-refractivity contribution in [2.45, 2.75) is 24.9 Å². The van der Waals surface area contributed by atoms with Crippen molar-refractivity contribution < 1.29 is 0 Å². The molecule has 7 aromatic rings. The van der Waals surface area contributed by atoms with Crippen molar-refractivity contribution in [1.29, 1.82) is 0 Å². The maximum absolute atomic E-state index is 5.26. The lowest BCUT2D eigenvalue weighted by molar-refractivity contribution is 0.714. The zero-order valence-electron chi connectivity index (χ0n) is 26.5. The maximum atomic E-state index is 5.26. The van der Waals surface area contributed by atoms with Crippen molar-refractivity contribution in [3.63, 3.8) is 0 Å². The summed E-state index contributed by atoms with van der Waals surface area (Å²) in [5.74, 6) is 0. The summed E-state index contributed by atoms with van der Waals surface area (Å²) in [5.41, 5.74) is 9.28. The van der Waals surface area contributed by atoms with Crippen molar-refractivity contribution in [2.24, 2.45) is 10.2 Å². The lowest BCUT2D eigenvalue weighted by Crippen LogP contribution is -2.18. The normalized spacial score (nSPS) is 17.6. The Morgan fingerprint density at radius 1 is 0.375 bits per heavy atom. The van der Waals surface area contributed by atoms with E-state index in [-0.39, 0.29) is 12.1 Å². The summed E-state index contributed by atoms with van der Waals surface area (Å²) in [7, 11) is 0. The molecule has 2 heterocycles. The number of hydrazone groups is 2. The van der Waals surface area contributed by atoms with E-state index in [1.165, 1.54) is 32.7 Å². The van der Waals surface area contributed by atoms with Gasteiger partial charge in [0.15, 0.2) is 0 Å². The quantitative estimate of drug-likeness (QED) is 0.186. The van der Waals surface area contributed by atoms with Crippen LogP contribution in [0.3, 0.4) is 0 Å². The Hall–Kier alpha value is -6.00. The van der Waals surface area contributed by atoms with Gasteiger partial charge in [-0.05, 0) is 68.1 Å². The van der Waals surface area contributed by atoms with Crippen LogP contribution in [-0.2, 0) is 0 Å². The van der Waals surface area contributed by atoms with Crippen LogP contribution < -0.4 is 10.0 Å². The molecule has 2 aliphatic rings. The highest BCUT2D eigenvalue weighted by molar-refractivity contribution is 6.07. The number of anilines is 2. The van der Waals surface area contributed by atoms with Crippen LogP contribution in [0.2, 0.25) is 0 Å². The molecule has 0 amide bonds. The Bertz CT molecular complexity index is 2130. The molecule has 2 aliphatic heterocycles. The molecule has 0 saturated heterocycles. The van der Waals surface area contributed by atoms with Crippen molar-refractivity contribution >= 4 is 44.3 Å². The highest BCUT2D eigenvalue weighted by atomic mass is 15.5. The van der Waals surface area contributed by atoms with E-state index in [0.29, 0.717) is 0 Å². The van der Waals surface area contributed by atoms with Gasteiger partial charge in [-0.25, -0.2) is 0 Å². The molecule has 0 N–H and O–H groups in total. The zero-order valence-corrected chi connectivity index (χ0v) is 26.5. The van der Waals surface area contributed by atoms with Crippen LogP contribution in [0.1, 0.15) is 47.2 Å². The van der Waals surface area contributed by atoms with Gasteiger partial charge in [0.05, 0.1) is 34.9 Å². The van der Waals surface area contributed by atoms with Crippen LogP contribution in [0.25, 0.3) is 21.5 Å². The van der Waals surface area contributed by atoms with E-state index < -0.39 is 0 Å². The summed E-state index contributed by atoms with van der Waals surface area (Å²) in [6.45, 7) is 0. The zero-order chi connectivity index (χ0) is 31.9. The summed E-state index contributed by atoms with van der Waals surface area (Å²) in [5, 5.41) is 20.0. The number of nitrogens with zero attached hydrogens (tertiary/aromatic N) is 4. The number of fused-ring (bicyclic) bond motifs is 2. The molecule has 9 rings (SSSR count). The average Bonchev–Trinajstić information content (AvgIpc) is 3.81. The summed E-state index contributed by atoms with van der Waals surface area (Å²) in [6, 6.07) is 60.7. The van der Waals surface area contributed by atoms with Crippen molar-refractivity contribution in [2.75, 3.05) is 10.0 Å². The minimum Gasteiger partial charge on any atom is -0.257 e. The van der Waals surface area contributed by atoms with Crippen LogP contribution in [0.4, 0.5) is 11.4 Å². The summed E-state index contributed by atoms with van der Waals surface area (Å²) < 4.78 is 0. The predicted molar refractivity (Wildman–Crippen MR) is 200 cm³/mol. The summed E-state index contributed by atoms with van der Waals surface area (Å²) in [4.78, 5) is 0. The first kappa shape index (κ1) is 28.2. The van der Waals surface area contributed by atoms with Crippen molar-refractivity contribution in [1.82, 2.24) is 0 Å². The molecule has 0 spiro atoms. The molecule has 0 bridgehead atoms. The highest BCUT2D eigenvalue weighted by Gasteiger charge is 2.33. The molecule has 4 nitrogen and oxygen atoms in total. The molecule has 0 fully saturated rings. The first-order valence-electron chi connectivity index (χ1n) is 16.7. The van der Waals surface area contributed by atoms with Gasteiger partial charge < -0.3 is 0 Å². The Morgan fingerprint density at radius 3 is 1.19 bits per heavy atom. The monoisotopic (exact) mass is 618 g/mol. The average molecular weight is 619 g/mol. The fraction of sp³-hybridized carbons (Fsp3) is 0.0909. The van der Waals surface area contributed by atoms with Gasteiger partial charge in [0.25, 0.3) is 0 Å². The van der Waals surface area contributed by atoms with E-state index in [4.69, 9.17) is 10.2 Å². The predicted octanol–water partition coefficient (Wildman–Crippen LogP) is 10.7. The van der Waals surface area contributed by atoms with Gasteiger partial charge in [-0.1, -0.05) is 146 Å². The molecule has 7 aromatic carbocycles. The van der Waals surface area contributed by atoms with Gasteiger partial charge in [0.2, 0.25) is 0 Å². The van der Waals surface area contributed by atoms with Gasteiger partial charge in [0, 0.05) is 12.8 Å². The first-order valence-corrected chi connectivity index (χ1v) is 16.7. The number of para-hydroxylation sites is 2. The van der Waals surface area contributed by atoms with Crippen molar-refractivity contribution in [3.05, 3.63) is 192 Å². The van der Waals surface area contributed by atoms with Crippen LogP contribution in [0.5, 0.6) is 0 Å². The molecule has 0 aliphatic carbocycles. The third kappa shape index (κ3) is 5.03. The van der Waals surface area contributed by atoms with Gasteiger partial charge >= 0.3 is 0 Å². The lowest BCUT2D eigenvalue weighted by atomic mass is 9.92. The van der Waals surface area contributed by atoms with Gasteiger partial charge in [-0.15, -0.1) is 0 Å². The van der Waals surface area contributed by atoms with E-state index in [1.54, 1.807) is 0 Å². The van der Waals surface area contributed by atoms with Gasteiger partial charge in [-0.2, -0.15) is 10.2 Å². The van der Waals surface area contributed by atoms with Crippen LogP contribution in [-0.4, -0.2) is 11.4 Å². The van der Waals surface area contributed by atoms with E-state index in [0.717, 1.165) is 46.8 Å². The second-order valence-corrected chi connectivity index (χ2v) is 12.6. The third-order valence-corrected chi connectivity index (χ3v) is 9.78. The highest BCUT2D eigenvalue weighted by Crippen LogP contribution is 2.41. The molecule has 4 heteroatoms. The molecule has 2 unspecified atom stereocenters. The second-order valence-electron chi connectivity index (χ2n) is 12.6. The van der Waals surface area contributed by atoms with E-state index in [9.17, 15) is 0 Å². The largest absolute Gasteiger partial charge is 0.257 e. The van der Waals surface area contributed by atoms with E-state index in [1.807, 2.05) is 0 Å². The Morgan fingerprint density at radius 2 is 0.750 bits per heavy atom. The molecular formula is C44H34N4. The first-order chi connectivity index (χ1) is 23.8. The Kier molecular flexibility index (Phi) is 7.05. The topological polar surface area (TPSA) is 31.2 Å². The molecule has 48 heavy (non-hydrogen) atoms. The van der Waals surface area contributed by atoms with E-state index >= 15 is 0 Å².